The maximum Gasteiger partial charge on any atom is 0.224 e. The number of carbonyl (C=O) groups excluding carboxylic acids is 1. The molecule has 0 bridgehead atoms. The zero-order valence-electron chi connectivity index (χ0n) is 10.2. The number of thiophene rings is 1. The molecule has 2 aromatic rings. The van der Waals surface area contributed by atoms with Gasteiger partial charge in [-0.1, -0.05) is 0 Å². The third kappa shape index (κ3) is 2.35. The Hall–Kier alpha value is -1.89. The van der Waals surface area contributed by atoms with Gasteiger partial charge < -0.3 is 16.8 Å². The molecule has 0 aliphatic carbocycles. The van der Waals surface area contributed by atoms with Gasteiger partial charge in [-0.25, -0.2) is 4.98 Å². The summed E-state index contributed by atoms with van der Waals surface area (Å²) in [6.45, 7) is 3.94. The van der Waals surface area contributed by atoms with E-state index in [1.165, 1.54) is 11.3 Å². The van der Waals surface area contributed by atoms with Gasteiger partial charge in [-0.15, -0.1) is 11.3 Å². The van der Waals surface area contributed by atoms with Crippen molar-refractivity contribution in [3.05, 3.63) is 11.4 Å². The van der Waals surface area contributed by atoms with Crippen molar-refractivity contribution in [1.82, 2.24) is 9.97 Å². The minimum Gasteiger partial charge on any atom is -0.369 e. The molecule has 18 heavy (non-hydrogen) atoms. The van der Waals surface area contributed by atoms with Crippen molar-refractivity contribution in [2.75, 3.05) is 17.6 Å². The third-order valence-electron chi connectivity index (χ3n) is 2.71. The van der Waals surface area contributed by atoms with Crippen LogP contribution >= 0.6 is 11.3 Å². The molecule has 2 heterocycles. The molecule has 0 radical (unpaired) electrons. The van der Waals surface area contributed by atoms with Crippen LogP contribution in [0.5, 0.6) is 0 Å². The molecule has 2 rings (SSSR count). The van der Waals surface area contributed by atoms with Crippen molar-refractivity contribution in [1.29, 1.82) is 0 Å². The first-order valence-electron chi connectivity index (χ1n) is 5.44. The van der Waals surface area contributed by atoms with Crippen LogP contribution in [-0.2, 0) is 4.79 Å². The molecule has 6 nitrogen and oxygen atoms in total. The molecule has 0 saturated heterocycles. The Morgan fingerprint density at radius 2 is 2.22 bits per heavy atom. The summed E-state index contributed by atoms with van der Waals surface area (Å²) in [6.07, 6.45) is 0. The first kappa shape index (κ1) is 12.6. The molecule has 0 aliphatic rings. The Bertz CT molecular complexity index is 592. The quantitative estimate of drug-likeness (QED) is 0.770. The van der Waals surface area contributed by atoms with Crippen LogP contribution in [0.15, 0.2) is 11.4 Å². The fourth-order valence-electron chi connectivity index (χ4n) is 1.40. The molecule has 1 amide bonds. The predicted molar refractivity (Wildman–Crippen MR) is 73.3 cm³/mol. The number of amides is 1. The molecular formula is C11H15N5OS. The van der Waals surface area contributed by atoms with E-state index in [4.69, 9.17) is 11.5 Å². The number of carbonyl (C=O) groups is 1. The van der Waals surface area contributed by atoms with Crippen molar-refractivity contribution in [2.24, 2.45) is 11.1 Å². The molecule has 0 fully saturated rings. The van der Waals surface area contributed by atoms with E-state index in [-0.39, 0.29) is 11.9 Å². The van der Waals surface area contributed by atoms with Crippen LogP contribution in [0.25, 0.3) is 10.2 Å². The number of primary amides is 1. The number of fused-ring (bicyclic) bond motifs is 1. The van der Waals surface area contributed by atoms with Crippen molar-refractivity contribution < 1.29 is 4.79 Å². The molecule has 0 aromatic carbocycles. The normalized spacial score (nSPS) is 11.7. The molecular weight excluding hydrogens is 250 g/mol. The molecule has 0 atom stereocenters. The summed E-state index contributed by atoms with van der Waals surface area (Å²) in [4.78, 5) is 20.3. The summed E-state index contributed by atoms with van der Waals surface area (Å²) in [5.41, 5.74) is 10.3. The molecule has 0 spiro atoms. The van der Waals surface area contributed by atoms with Crippen LogP contribution in [0.1, 0.15) is 13.8 Å². The van der Waals surface area contributed by atoms with E-state index in [1.807, 2.05) is 11.4 Å². The van der Waals surface area contributed by atoms with E-state index in [0.717, 1.165) is 10.2 Å². The SMILES string of the molecule is CC(C)(CNc1nc(N)nc2sccc12)C(N)=O. The Balaban J connectivity index is 2.27. The van der Waals surface area contributed by atoms with E-state index >= 15 is 0 Å². The predicted octanol–water partition coefficient (Wildman–Crippen LogP) is 1.20. The van der Waals surface area contributed by atoms with E-state index in [9.17, 15) is 4.79 Å². The van der Waals surface area contributed by atoms with Gasteiger partial charge in [0, 0.05) is 6.54 Å². The van der Waals surface area contributed by atoms with Gasteiger partial charge >= 0.3 is 0 Å². The van der Waals surface area contributed by atoms with E-state index in [0.29, 0.717) is 12.4 Å². The van der Waals surface area contributed by atoms with Crippen LogP contribution in [-0.4, -0.2) is 22.4 Å². The number of nitrogens with zero attached hydrogens (tertiary/aromatic N) is 2. The number of rotatable bonds is 4. The van der Waals surface area contributed by atoms with Crippen LogP contribution < -0.4 is 16.8 Å². The highest BCUT2D eigenvalue weighted by Crippen LogP contribution is 2.26. The molecule has 0 unspecified atom stereocenters. The highest BCUT2D eigenvalue weighted by molar-refractivity contribution is 7.16. The lowest BCUT2D eigenvalue weighted by Gasteiger charge is -2.21. The average molecular weight is 265 g/mol. The van der Waals surface area contributed by atoms with Gasteiger partial charge in [0.2, 0.25) is 11.9 Å². The smallest absolute Gasteiger partial charge is 0.224 e. The van der Waals surface area contributed by atoms with Crippen LogP contribution in [0.4, 0.5) is 11.8 Å². The second-order valence-electron chi connectivity index (χ2n) is 4.67. The lowest BCUT2D eigenvalue weighted by atomic mass is 9.93. The number of hydrogen-bond donors (Lipinski definition) is 3. The van der Waals surface area contributed by atoms with Gasteiger partial charge in [-0.05, 0) is 25.3 Å². The Labute approximate surface area is 108 Å². The fourth-order valence-corrected chi connectivity index (χ4v) is 2.17. The molecule has 0 aliphatic heterocycles. The minimum absolute atomic E-state index is 0.212. The van der Waals surface area contributed by atoms with Crippen molar-refractivity contribution >= 4 is 39.2 Å². The topological polar surface area (TPSA) is 107 Å². The second-order valence-corrected chi connectivity index (χ2v) is 5.57. The Morgan fingerprint density at radius 1 is 1.50 bits per heavy atom. The summed E-state index contributed by atoms with van der Waals surface area (Å²) < 4.78 is 0. The third-order valence-corrected chi connectivity index (χ3v) is 3.51. The zero-order chi connectivity index (χ0) is 13.3. The van der Waals surface area contributed by atoms with Crippen molar-refractivity contribution in [3.8, 4) is 0 Å². The number of nitrogens with one attached hydrogen (secondary N) is 1. The van der Waals surface area contributed by atoms with Gasteiger partial charge in [0.05, 0.1) is 10.8 Å². The molecule has 0 saturated carbocycles. The van der Waals surface area contributed by atoms with E-state index < -0.39 is 5.41 Å². The number of nitrogens with two attached hydrogens (primary N) is 2. The van der Waals surface area contributed by atoms with Crippen LogP contribution in [0.2, 0.25) is 0 Å². The molecule has 7 heteroatoms. The zero-order valence-corrected chi connectivity index (χ0v) is 11.0. The number of hydrogen-bond acceptors (Lipinski definition) is 6. The molecule has 96 valence electrons. The second kappa shape index (κ2) is 4.41. The highest BCUT2D eigenvalue weighted by atomic mass is 32.1. The Kier molecular flexibility index (Phi) is 3.08. The van der Waals surface area contributed by atoms with Crippen molar-refractivity contribution in [2.45, 2.75) is 13.8 Å². The van der Waals surface area contributed by atoms with Crippen LogP contribution in [0.3, 0.4) is 0 Å². The maximum atomic E-state index is 11.2. The lowest BCUT2D eigenvalue weighted by molar-refractivity contribution is -0.125. The maximum absolute atomic E-state index is 11.2. The minimum atomic E-state index is -0.651. The lowest BCUT2D eigenvalue weighted by Crippen LogP contribution is -2.37. The van der Waals surface area contributed by atoms with E-state index in [2.05, 4.69) is 15.3 Å². The first-order valence-corrected chi connectivity index (χ1v) is 6.32. The average Bonchev–Trinajstić information content (AvgIpc) is 2.73. The van der Waals surface area contributed by atoms with Gasteiger partial charge in [0.1, 0.15) is 10.6 Å². The Morgan fingerprint density at radius 3 is 2.89 bits per heavy atom. The largest absolute Gasteiger partial charge is 0.369 e. The van der Waals surface area contributed by atoms with Gasteiger partial charge in [0.15, 0.2) is 0 Å². The number of anilines is 2. The summed E-state index contributed by atoms with van der Waals surface area (Å²) in [5, 5.41) is 5.93. The van der Waals surface area contributed by atoms with Gasteiger partial charge in [0.25, 0.3) is 0 Å². The number of aromatic nitrogens is 2. The number of nitrogen functional groups attached to an aromatic ring is 1. The van der Waals surface area contributed by atoms with E-state index in [1.54, 1.807) is 13.8 Å². The highest BCUT2D eigenvalue weighted by Gasteiger charge is 2.25. The summed E-state index contributed by atoms with van der Waals surface area (Å²) in [7, 11) is 0. The molecule has 2 aromatic heterocycles. The monoisotopic (exact) mass is 265 g/mol. The van der Waals surface area contributed by atoms with Gasteiger partial charge in [-0.3, -0.25) is 4.79 Å². The summed E-state index contributed by atoms with van der Waals surface area (Å²) in [6, 6.07) is 1.92. The van der Waals surface area contributed by atoms with Crippen molar-refractivity contribution in [3.63, 3.8) is 0 Å². The first-order chi connectivity index (χ1) is 8.40. The van der Waals surface area contributed by atoms with Gasteiger partial charge in [-0.2, -0.15) is 4.98 Å². The summed E-state index contributed by atoms with van der Waals surface area (Å²) >= 11 is 1.49. The van der Waals surface area contributed by atoms with Crippen LogP contribution in [0, 0.1) is 5.41 Å². The standard InChI is InChI=1S/C11H15N5OS/c1-11(2,9(12)17)5-14-7-6-3-4-18-8(6)16-10(13)15-7/h3-4H,5H2,1-2H3,(H2,12,17)(H3,13,14,15,16). The summed E-state index contributed by atoms with van der Waals surface area (Å²) in [5.74, 6) is 0.482. The fraction of sp³-hybridized carbons (Fsp3) is 0.364. The molecule has 5 N–H and O–H groups in total.